The molecule has 2 atom stereocenters. The predicted molar refractivity (Wildman–Crippen MR) is 91.8 cm³/mol. The minimum absolute atomic E-state index is 0.202. The summed E-state index contributed by atoms with van der Waals surface area (Å²) in [6, 6.07) is 9.22. The Hall–Kier alpha value is -2.37. The fourth-order valence-electron chi connectivity index (χ4n) is 3.07. The molecule has 2 unspecified atom stereocenters. The van der Waals surface area contributed by atoms with Crippen LogP contribution < -0.4 is 0 Å². The van der Waals surface area contributed by atoms with E-state index < -0.39 is 18.0 Å². The van der Waals surface area contributed by atoms with Crippen molar-refractivity contribution in [2.75, 3.05) is 13.2 Å². The third kappa shape index (κ3) is 5.31. The molecule has 0 radical (unpaired) electrons. The van der Waals surface area contributed by atoms with E-state index in [1.54, 1.807) is 18.7 Å². The Morgan fingerprint density at radius 3 is 2.60 bits per heavy atom. The normalized spacial score (nSPS) is 17.8. The van der Waals surface area contributed by atoms with Gasteiger partial charge in [0.1, 0.15) is 18.8 Å². The smallest absolute Gasteiger partial charge is 0.410 e. The Morgan fingerprint density at radius 1 is 1.20 bits per heavy atom. The zero-order valence-corrected chi connectivity index (χ0v) is 14.8. The average Bonchev–Trinajstić information content (AvgIpc) is 3.09. The zero-order chi connectivity index (χ0) is 18.2. The number of hydrogen-bond acceptors (Lipinski definition) is 5. The number of Topliss-reactive ketones (excluding diaryl/α,β-unsaturated/α-hetero) is 1. The molecule has 6 heteroatoms. The van der Waals surface area contributed by atoms with E-state index in [9.17, 15) is 14.4 Å². The van der Waals surface area contributed by atoms with Gasteiger partial charge in [-0.1, -0.05) is 37.3 Å². The third-order valence-electron chi connectivity index (χ3n) is 4.45. The predicted octanol–water partition coefficient (Wildman–Crippen LogP) is 2.95. The molecule has 1 fully saturated rings. The lowest BCUT2D eigenvalue weighted by Gasteiger charge is -2.28. The largest absolute Gasteiger partial charge is 0.466 e. The molecule has 1 aromatic rings. The number of hydrogen-bond donors (Lipinski definition) is 0. The van der Waals surface area contributed by atoms with E-state index >= 15 is 0 Å². The number of nitrogens with zero attached hydrogens (tertiary/aromatic N) is 1. The van der Waals surface area contributed by atoms with E-state index in [-0.39, 0.29) is 31.5 Å². The van der Waals surface area contributed by atoms with Crippen molar-refractivity contribution in [2.45, 2.75) is 45.8 Å². The van der Waals surface area contributed by atoms with Crippen LogP contribution in [0.1, 0.15) is 38.7 Å². The molecule has 0 N–H and O–H groups in total. The number of rotatable bonds is 7. The van der Waals surface area contributed by atoms with E-state index in [0.717, 1.165) is 18.4 Å². The second kappa shape index (κ2) is 9.20. The minimum atomic E-state index is -0.518. The van der Waals surface area contributed by atoms with Crippen LogP contribution in [0.4, 0.5) is 4.79 Å². The van der Waals surface area contributed by atoms with Crippen LogP contribution >= 0.6 is 0 Å². The van der Waals surface area contributed by atoms with Gasteiger partial charge < -0.3 is 14.4 Å². The third-order valence-corrected chi connectivity index (χ3v) is 4.45. The standard InChI is InChI=1S/C19H25NO5/c1-3-24-18(22)12-17(21)14(2)16-10-7-11-20(16)19(23)25-13-15-8-5-4-6-9-15/h4-6,8-9,14,16H,3,7,10-13H2,1-2H3. The van der Waals surface area contributed by atoms with Crippen molar-refractivity contribution < 1.29 is 23.9 Å². The van der Waals surface area contributed by atoms with Crippen LogP contribution in [0.25, 0.3) is 0 Å². The summed E-state index contributed by atoms with van der Waals surface area (Å²) in [6.45, 7) is 4.48. The Labute approximate surface area is 148 Å². The summed E-state index contributed by atoms with van der Waals surface area (Å²) in [5.41, 5.74) is 0.915. The summed E-state index contributed by atoms with van der Waals surface area (Å²) in [5.74, 6) is -1.14. The van der Waals surface area contributed by atoms with Gasteiger partial charge in [-0.05, 0) is 25.3 Å². The van der Waals surface area contributed by atoms with Crippen molar-refractivity contribution >= 4 is 17.8 Å². The number of ketones is 1. The summed E-state index contributed by atoms with van der Waals surface area (Å²) in [7, 11) is 0. The van der Waals surface area contributed by atoms with E-state index in [1.807, 2.05) is 30.3 Å². The molecule has 0 aliphatic carbocycles. The van der Waals surface area contributed by atoms with Crippen molar-refractivity contribution in [3.8, 4) is 0 Å². The van der Waals surface area contributed by atoms with Gasteiger partial charge >= 0.3 is 12.1 Å². The van der Waals surface area contributed by atoms with Crippen molar-refractivity contribution in [1.29, 1.82) is 0 Å². The number of esters is 1. The molecule has 2 rings (SSSR count). The lowest BCUT2D eigenvalue weighted by Crippen LogP contribution is -2.42. The van der Waals surface area contributed by atoms with Crippen LogP contribution in [-0.4, -0.2) is 41.9 Å². The first-order valence-electron chi connectivity index (χ1n) is 8.68. The summed E-state index contributed by atoms with van der Waals surface area (Å²) in [4.78, 5) is 37.8. The molecule has 1 aromatic carbocycles. The fraction of sp³-hybridized carbons (Fsp3) is 0.526. The molecule has 1 amide bonds. The second-order valence-electron chi connectivity index (χ2n) is 6.18. The highest BCUT2D eigenvalue weighted by Gasteiger charge is 2.37. The number of ether oxygens (including phenoxy) is 2. The van der Waals surface area contributed by atoms with Crippen molar-refractivity contribution in [3.05, 3.63) is 35.9 Å². The highest BCUT2D eigenvalue weighted by Crippen LogP contribution is 2.26. The first kappa shape index (κ1) is 19.0. The van der Waals surface area contributed by atoms with Crippen LogP contribution in [0, 0.1) is 5.92 Å². The Morgan fingerprint density at radius 2 is 1.92 bits per heavy atom. The van der Waals surface area contributed by atoms with Crippen molar-refractivity contribution in [1.82, 2.24) is 4.90 Å². The van der Waals surface area contributed by atoms with Crippen LogP contribution in [-0.2, 0) is 25.7 Å². The summed E-state index contributed by atoms with van der Waals surface area (Å²) < 4.78 is 10.2. The quantitative estimate of drug-likeness (QED) is 0.560. The van der Waals surface area contributed by atoms with Crippen LogP contribution in [0.15, 0.2) is 30.3 Å². The van der Waals surface area contributed by atoms with E-state index in [0.29, 0.717) is 6.54 Å². The topological polar surface area (TPSA) is 72.9 Å². The molecule has 1 aliphatic heterocycles. The van der Waals surface area contributed by atoms with E-state index in [4.69, 9.17) is 9.47 Å². The van der Waals surface area contributed by atoms with Crippen LogP contribution in [0.2, 0.25) is 0 Å². The fourth-order valence-corrected chi connectivity index (χ4v) is 3.07. The van der Waals surface area contributed by atoms with Gasteiger partial charge in [0.15, 0.2) is 0 Å². The highest BCUT2D eigenvalue weighted by atomic mass is 16.6. The number of benzene rings is 1. The molecule has 1 aliphatic rings. The molecular weight excluding hydrogens is 322 g/mol. The number of likely N-dealkylation sites (tertiary alicyclic amines) is 1. The lowest BCUT2D eigenvalue weighted by atomic mass is 9.93. The van der Waals surface area contributed by atoms with Crippen molar-refractivity contribution in [2.24, 2.45) is 5.92 Å². The summed E-state index contributed by atoms with van der Waals surface area (Å²) in [5, 5.41) is 0. The van der Waals surface area contributed by atoms with Gasteiger partial charge in [0.2, 0.25) is 0 Å². The Balaban J connectivity index is 1.90. The maximum absolute atomic E-state index is 12.4. The molecule has 1 heterocycles. The molecule has 25 heavy (non-hydrogen) atoms. The van der Waals surface area contributed by atoms with Gasteiger partial charge in [-0.25, -0.2) is 4.79 Å². The monoisotopic (exact) mass is 347 g/mol. The van der Waals surface area contributed by atoms with Crippen LogP contribution in [0.5, 0.6) is 0 Å². The maximum atomic E-state index is 12.4. The van der Waals surface area contributed by atoms with Gasteiger partial charge in [0.25, 0.3) is 0 Å². The lowest BCUT2D eigenvalue weighted by molar-refractivity contribution is -0.146. The minimum Gasteiger partial charge on any atom is -0.466 e. The van der Waals surface area contributed by atoms with Gasteiger partial charge in [0.05, 0.1) is 6.61 Å². The molecule has 0 bridgehead atoms. The molecule has 0 aromatic heterocycles. The second-order valence-corrected chi connectivity index (χ2v) is 6.18. The summed E-state index contributed by atoms with van der Waals surface area (Å²) in [6.07, 6.45) is 0.888. The zero-order valence-electron chi connectivity index (χ0n) is 14.8. The molecule has 0 saturated carbocycles. The maximum Gasteiger partial charge on any atom is 0.410 e. The SMILES string of the molecule is CCOC(=O)CC(=O)C(C)C1CCCN1C(=O)OCc1ccccc1. The first-order chi connectivity index (χ1) is 12.0. The van der Waals surface area contributed by atoms with Gasteiger partial charge in [-0.15, -0.1) is 0 Å². The molecular formula is C19H25NO5. The number of amides is 1. The summed E-state index contributed by atoms with van der Waals surface area (Å²) >= 11 is 0. The Kier molecular flexibility index (Phi) is 6.98. The van der Waals surface area contributed by atoms with Gasteiger partial charge in [-0.3, -0.25) is 9.59 Å². The van der Waals surface area contributed by atoms with E-state index in [2.05, 4.69) is 0 Å². The van der Waals surface area contributed by atoms with E-state index in [1.165, 1.54) is 0 Å². The molecule has 136 valence electrons. The number of carbonyl (C=O) groups is 3. The average molecular weight is 347 g/mol. The number of carbonyl (C=O) groups excluding carboxylic acids is 3. The Bertz CT molecular complexity index is 601. The van der Waals surface area contributed by atoms with Crippen LogP contribution in [0.3, 0.4) is 0 Å². The molecule has 6 nitrogen and oxygen atoms in total. The van der Waals surface area contributed by atoms with Crippen molar-refractivity contribution in [3.63, 3.8) is 0 Å². The highest BCUT2D eigenvalue weighted by molar-refractivity contribution is 5.97. The van der Waals surface area contributed by atoms with Gasteiger partial charge in [0, 0.05) is 18.5 Å². The first-order valence-corrected chi connectivity index (χ1v) is 8.68. The molecule has 0 spiro atoms. The van der Waals surface area contributed by atoms with Gasteiger partial charge in [-0.2, -0.15) is 0 Å². The molecule has 1 saturated heterocycles.